The van der Waals surface area contributed by atoms with E-state index in [1.54, 1.807) is 0 Å². The highest BCUT2D eigenvalue weighted by atomic mass is 16.3. The van der Waals surface area contributed by atoms with Crippen LogP contribution in [0.15, 0.2) is 0 Å². The molecule has 0 aromatic heterocycles. The van der Waals surface area contributed by atoms with Crippen LogP contribution in [0.3, 0.4) is 0 Å². The Bertz CT molecular complexity index is 264. The number of likely N-dealkylation sites (tertiary alicyclic amines) is 1. The molecule has 0 radical (unpaired) electrons. The molecule has 0 bridgehead atoms. The lowest BCUT2D eigenvalue weighted by atomic mass is 9.68. The second-order valence-electron chi connectivity index (χ2n) is 7.57. The van der Waals surface area contributed by atoms with Gasteiger partial charge >= 0.3 is 0 Å². The quantitative estimate of drug-likeness (QED) is 0.786. The molecule has 3 heteroatoms. The van der Waals surface area contributed by atoms with Gasteiger partial charge in [0.1, 0.15) is 0 Å². The summed E-state index contributed by atoms with van der Waals surface area (Å²) in [6.45, 7) is 9.38. The Kier molecular flexibility index (Phi) is 6.31. The van der Waals surface area contributed by atoms with Crippen LogP contribution < -0.4 is 5.32 Å². The molecule has 0 aromatic carbocycles. The highest BCUT2D eigenvalue weighted by molar-refractivity contribution is 4.88. The Hall–Kier alpha value is -0.120. The van der Waals surface area contributed by atoms with Crippen LogP contribution in [0.1, 0.15) is 58.8 Å². The van der Waals surface area contributed by atoms with Crippen molar-refractivity contribution in [3.8, 4) is 0 Å². The van der Waals surface area contributed by atoms with Gasteiger partial charge in [-0.2, -0.15) is 0 Å². The van der Waals surface area contributed by atoms with Gasteiger partial charge in [0.2, 0.25) is 0 Å². The molecular formula is C17H34N2O. The van der Waals surface area contributed by atoms with Gasteiger partial charge < -0.3 is 15.3 Å². The van der Waals surface area contributed by atoms with Gasteiger partial charge in [0.15, 0.2) is 0 Å². The number of β-amino-alcohol motifs (C(OH)–C–C–N with tert-alkyl or cyclic N) is 1. The second kappa shape index (κ2) is 7.77. The minimum atomic E-state index is -0.214. The Morgan fingerprint density at radius 3 is 2.25 bits per heavy atom. The summed E-state index contributed by atoms with van der Waals surface area (Å²) < 4.78 is 0. The van der Waals surface area contributed by atoms with E-state index < -0.39 is 0 Å². The smallest absolute Gasteiger partial charge is 0.0791 e. The van der Waals surface area contributed by atoms with Crippen LogP contribution in [-0.2, 0) is 0 Å². The van der Waals surface area contributed by atoms with Gasteiger partial charge in [-0.15, -0.1) is 0 Å². The molecule has 0 aromatic rings. The molecule has 2 N–H and O–H groups in total. The molecule has 2 aliphatic rings. The first-order valence-electron chi connectivity index (χ1n) is 8.71. The van der Waals surface area contributed by atoms with Gasteiger partial charge in [-0.3, -0.25) is 0 Å². The molecule has 20 heavy (non-hydrogen) atoms. The summed E-state index contributed by atoms with van der Waals surface area (Å²) in [6.07, 6.45) is 9.76. The van der Waals surface area contributed by atoms with Crippen molar-refractivity contribution in [2.75, 3.05) is 32.7 Å². The molecular weight excluding hydrogens is 248 g/mol. The summed E-state index contributed by atoms with van der Waals surface area (Å²) in [5.41, 5.74) is 0.676. The monoisotopic (exact) mass is 282 g/mol. The van der Waals surface area contributed by atoms with E-state index in [-0.39, 0.29) is 6.10 Å². The summed E-state index contributed by atoms with van der Waals surface area (Å²) >= 11 is 0. The summed E-state index contributed by atoms with van der Waals surface area (Å²) in [6, 6.07) is 0. The van der Waals surface area contributed by atoms with E-state index in [4.69, 9.17) is 0 Å². The molecule has 1 heterocycles. The molecule has 1 saturated carbocycles. The topological polar surface area (TPSA) is 35.5 Å². The minimum Gasteiger partial charge on any atom is -0.390 e. The zero-order chi connectivity index (χ0) is 14.4. The van der Waals surface area contributed by atoms with Crippen molar-refractivity contribution in [1.82, 2.24) is 10.2 Å². The molecule has 3 nitrogen and oxygen atoms in total. The number of aliphatic hydroxyl groups excluding tert-OH is 1. The van der Waals surface area contributed by atoms with Gasteiger partial charge in [0.05, 0.1) is 6.10 Å². The molecule has 2 rings (SSSR count). The highest BCUT2D eigenvalue weighted by Crippen LogP contribution is 2.44. The van der Waals surface area contributed by atoms with Gasteiger partial charge in [-0.1, -0.05) is 33.1 Å². The second-order valence-corrected chi connectivity index (χ2v) is 7.57. The van der Waals surface area contributed by atoms with Crippen LogP contribution in [0.5, 0.6) is 0 Å². The summed E-state index contributed by atoms with van der Waals surface area (Å²) in [5.74, 6) is 0.656. The predicted molar refractivity (Wildman–Crippen MR) is 84.9 cm³/mol. The van der Waals surface area contributed by atoms with Crippen molar-refractivity contribution in [2.45, 2.75) is 64.9 Å². The standard InChI is InChI=1S/C17H34N2O/c1-15(2)12-18-13-16(20)14-19-10-8-17(9-11-19)6-4-3-5-7-17/h15-16,18,20H,3-14H2,1-2H3. The van der Waals surface area contributed by atoms with E-state index in [1.165, 1.54) is 58.0 Å². The van der Waals surface area contributed by atoms with Crippen LogP contribution in [0, 0.1) is 11.3 Å². The average molecular weight is 282 g/mol. The van der Waals surface area contributed by atoms with E-state index >= 15 is 0 Å². The summed E-state index contributed by atoms with van der Waals surface area (Å²) in [5, 5.41) is 13.5. The zero-order valence-electron chi connectivity index (χ0n) is 13.5. The fourth-order valence-electron chi connectivity index (χ4n) is 3.91. The lowest BCUT2D eigenvalue weighted by Crippen LogP contribution is -2.45. The largest absolute Gasteiger partial charge is 0.390 e. The van der Waals surface area contributed by atoms with Crippen LogP contribution in [0.2, 0.25) is 0 Å². The van der Waals surface area contributed by atoms with Crippen molar-refractivity contribution in [1.29, 1.82) is 0 Å². The van der Waals surface area contributed by atoms with Crippen molar-refractivity contribution in [3.05, 3.63) is 0 Å². The molecule has 0 amide bonds. The van der Waals surface area contributed by atoms with Gasteiger partial charge in [0, 0.05) is 13.1 Å². The van der Waals surface area contributed by atoms with Crippen LogP contribution in [0.4, 0.5) is 0 Å². The normalized spacial score (nSPS) is 25.2. The Labute approximate surface area is 125 Å². The maximum atomic E-state index is 10.1. The first-order valence-corrected chi connectivity index (χ1v) is 8.71. The van der Waals surface area contributed by atoms with Crippen molar-refractivity contribution >= 4 is 0 Å². The van der Waals surface area contributed by atoms with Crippen LogP contribution in [0.25, 0.3) is 0 Å². The van der Waals surface area contributed by atoms with Gasteiger partial charge in [0.25, 0.3) is 0 Å². The van der Waals surface area contributed by atoms with Crippen molar-refractivity contribution in [3.63, 3.8) is 0 Å². The average Bonchev–Trinajstić information content (AvgIpc) is 2.42. The van der Waals surface area contributed by atoms with E-state index in [2.05, 4.69) is 24.1 Å². The molecule has 1 spiro atoms. The van der Waals surface area contributed by atoms with Crippen LogP contribution >= 0.6 is 0 Å². The first-order chi connectivity index (χ1) is 9.60. The number of nitrogens with zero attached hydrogens (tertiary/aromatic N) is 1. The third-order valence-electron chi connectivity index (χ3n) is 5.23. The molecule has 2 fully saturated rings. The Morgan fingerprint density at radius 2 is 1.65 bits per heavy atom. The molecule has 1 aliphatic heterocycles. The van der Waals surface area contributed by atoms with E-state index in [9.17, 15) is 5.11 Å². The minimum absolute atomic E-state index is 0.214. The van der Waals surface area contributed by atoms with Crippen LogP contribution in [-0.4, -0.2) is 48.8 Å². The van der Waals surface area contributed by atoms with Gasteiger partial charge in [-0.25, -0.2) is 0 Å². The lowest BCUT2D eigenvalue weighted by Gasteiger charge is -2.44. The summed E-state index contributed by atoms with van der Waals surface area (Å²) in [7, 11) is 0. The molecule has 118 valence electrons. The maximum absolute atomic E-state index is 10.1. The molecule has 1 aliphatic carbocycles. The summed E-state index contributed by atoms with van der Waals surface area (Å²) in [4.78, 5) is 2.47. The number of rotatable bonds is 6. The molecule has 1 saturated heterocycles. The van der Waals surface area contributed by atoms with E-state index in [0.29, 0.717) is 11.3 Å². The number of hydrogen-bond donors (Lipinski definition) is 2. The first kappa shape index (κ1) is 16.3. The third kappa shape index (κ3) is 5.01. The highest BCUT2D eigenvalue weighted by Gasteiger charge is 2.35. The number of piperidine rings is 1. The third-order valence-corrected chi connectivity index (χ3v) is 5.23. The zero-order valence-corrected chi connectivity index (χ0v) is 13.5. The Morgan fingerprint density at radius 1 is 1.00 bits per heavy atom. The van der Waals surface area contributed by atoms with Gasteiger partial charge in [-0.05, 0) is 56.7 Å². The Balaban J connectivity index is 1.63. The van der Waals surface area contributed by atoms with Crippen molar-refractivity contribution in [2.24, 2.45) is 11.3 Å². The van der Waals surface area contributed by atoms with E-state index in [1.807, 2.05) is 0 Å². The predicted octanol–water partition coefficient (Wildman–Crippen LogP) is 2.64. The SMILES string of the molecule is CC(C)CNCC(O)CN1CCC2(CCCCC2)CC1. The molecule has 1 atom stereocenters. The number of hydrogen-bond acceptors (Lipinski definition) is 3. The lowest BCUT2D eigenvalue weighted by molar-refractivity contribution is 0.0383. The van der Waals surface area contributed by atoms with E-state index in [0.717, 1.165) is 19.6 Å². The fraction of sp³-hybridized carbons (Fsp3) is 1.00. The maximum Gasteiger partial charge on any atom is 0.0791 e. The number of aliphatic hydroxyl groups is 1. The van der Waals surface area contributed by atoms with Crippen molar-refractivity contribution < 1.29 is 5.11 Å². The molecule has 1 unspecified atom stereocenters. The fourth-order valence-corrected chi connectivity index (χ4v) is 3.91. The number of nitrogens with one attached hydrogen (secondary N) is 1.